The van der Waals surface area contributed by atoms with Crippen LogP contribution in [0, 0.1) is 12.7 Å². The average Bonchev–Trinajstić information content (AvgIpc) is 3.15. The molecule has 2 unspecified atom stereocenters. The quantitative estimate of drug-likeness (QED) is 0.491. The predicted octanol–water partition coefficient (Wildman–Crippen LogP) is 5.94. The third-order valence-electron chi connectivity index (χ3n) is 7.28. The largest absolute Gasteiger partial charge is 0.448 e. The van der Waals surface area contributed by atoms with Crippen molar-refractivity contribution in [1.29, 1.82) is 0 Å². The molecule has 2 atom stereocenters. The highest BCUT2D eigenvalue weighted by Gasteiger charge is 2.40. The van der Waals surface area contributed by atoms with Crippen LogP contribution in [0.5, 0.6) is 0 Å². The summed E-state index contributed by atoms with van der Waals surface area (Å²) < 4.78 is 25.3. The summed E-state index contributed by atoms with van der Waals surface area (Å²) >= 11 is 0. The summed E-state index contributed by atoms with van der Waals surface area (Å²) in [5, 5.41) is 0. The molecule has 1 aliphatic carbocycles. The molecule has 0 N–H and O–H groups in total. The van der Waals surface area contributed by atoms with E-state index in [1.54, 1.807) is 6.07 Å². The molecule has 4 nitrogen and oxygen atoms in total. The van der Waals surface area contributed by atoms with Crippen LogP contribution in [0.25, 0.3) is 16.7 Å². The number of hydrogen-bond donors (Lipinski definition) is 0. The molecule has 1 fully saturated rings. The van der Waals surface area contributed by atoms with Gasteiger partial charge in [-0.1, -0.05) is 60.7 Å². The summed E-state index contributed by atoms with van der Waals surface area (Å²) in [6.07, 6.45) is 2.44. The number of carbonyl (C=O) groups excluding carboxylic acids is 1. The van der Waals surface area contributed by atoms with Crippen molar-refractivity contribution in [3.63, 3.8) is 0 Å². The lowest BCUT2D eigenvalue weighted by atomic mass is 9.88. The smallest absolute Gasteiger partial charge is 0.410 e. The summed E-state index contributed by atoms with van der Waals surface area (Å²) in [5.74, 6) is -0.202. The fourth-order valence-electron chi connectivity index (χ4n) is 5.74. The Morgan fingerprint density at radius 1 is 1.00 bits per heavy atom. The average molecular weight is 456 g/mol. The second-order valence-corrected chi connectivity index (χ2v) is 9.33. The molecule has 0 radical (unpaired) electrons. The molecule has 1 amide bonds. The molecule has 3 aromatic rings. The van der Waals surface area contributed by atoms with E-state index in [2.05, 4.69) is 30.3 Å². The highest BCUT2D eigenvalue weighted by molar-refractivity contribution is 5.79. The van der Waals surface area contributed by atoms with E-state index in [0.717, 1.165) is 16.7 Å². The van der Waals surface area contributed by atoms with Crippen molar-refractivity contribution >= 4 is 11.7 Å². The first kappa shape index (κ1) is 21.1. The SMILES string of the molecule is Cc1cc(F)ccc1C1=CC2COCC(C1)N2C(=O)OCC1c2ccccc2-c2ccccc21. The summed E-state index contributed by atoms with van der Waals surface area (Å²) in [6, 6.07) is 21.3. The lowest BCUT2D eigenvalue weighted by Crippen LogP contribution is -2.56. The molecule has 0 saturated carbocycles. The minimum atomic E-state index is -0.300. The number of rotatable bonds is 3. The Morgan fingerprint density at radius 2 is 1.71 bits per heavy atom. The molecule has 2 aliphatic heterocycles. The summed E-state index contributed by atoms with van der Waals surface area (Å²) in [6.45, 7) is 3.13. The zero-order valence-electron chi connectivity index (χ0n) is 19.0. The number of carbonyl (C=O) groups is 1. The highest BCUT2D eigenvalue weighted by atomic mass is 19.1. The maximum Gasteiger partial charge on any atom is 0.410 e. The van der Waals surface area contributed by atoms with Gasteiger partial charge < -0.3 is 9.47 Å². The normalized spacial score (nSPS) is 21.0. The van der Waals surface area contributed by atoms with Gasteiger partial charge in [-0.15, -0.1) is 0 Å². The first-order valence-corrected chi connectivity index (χ1v) is 11.8. The Bertz CT molecular complexity index is 1250. The van der Waals surface area contributed by atoms with Crippen LogP contribution < -0.4 is 0 Å². The van der Waals surface area contributed by atoms with E-state index in [0.29, 0.717) is 26.2 Å². The molecular formula is C29H26FNO3. The minimum Gasteiger partial charge on any atom is -0.448 e. The van der Waals surface area contributed by atoms with E-state index in [9.17, 15) is 9.18 Å². The molecule has 34 heavy (non-hydrogen) atoms. The van der Waals surface area contributed by atoms with Crippen LogP contribution in [0.1, 0.15) is 34.6 Å². The fraction of sp³-hybridized carbons (Fsp3) is 0.276. The van der Waals surface area contributed by atoms with Crippen molar-refractivity contribution in [2.75, 3.05) is 19.8 Å². The topological polar surface area (TPSA) is 38.8 Å². The van der Waals surface area contributed by atoms with Gasteiger partial charge in [-0.3, -0.25) is 4.90 Å². The van der Waals surface area contributed by atoms with Gasteiger partial charge in [-0.05, 0) is 64.4 Å². The number of hydrogen-bond acceptors (Lipinski definition) is 3. The fourth-order valence-corrected chi connectivity index (χ4v) is 5.74. The third-order valence-corrected chi connectivity index (χ3v) is 7.28. The van der Waals surface area contributed by atoms with E-state index >= 15 is 0 Å². The number of fused-ring (bicyclic) bond motifs is 5. The predicted molar refractivity (Wildman–Crippen MR) is 129 cm³/mol. The van der Waals surface area contributed by atoms with E-state index in [1.165, 1.54) is 28.3 Å². The van der Waals surface area contributed by atoms with E-state index in [-0.39, 0.29) is 29.9 Å². The van der Waals surface area contributed by atoms with Gasteiger partial charge in [-0.2, -0.15) is 0 Å². The molecule has 0 spiro atoms. The molecule has 3 aliphatic rings. The number of halogens is 1. The Balaban J connectivity index is 1.23. The molecule has 3 aromatic carbocycles. The zero-order valence-corrected chi connectivity index (χ0v) is 19.0. The maximum absolute atomic E-state index is 13.6. The van der Waals surface area contributed by atoms with E-state index in [4.69, 9.17) is 9.47 Å². The van der Waals surface area contributed by atoms with Gasteiger partial charge in [0.2, 0.25) is 0 Å². The lowest BCUT2D eigenvalue weighted by molar-refractivity contribution is -0.0331. The van der Waals surface area contributed by atoms with Crippen LogP contribution in [0.15, 0.2) is 72.8 Å². The Hall–Kier alpha value is -3.44. The summed E-state index contributed by atoms with van der Waals surface area (Å²) in [4.78, 5) is 15.1. The van der Waals surface area contributed by atoms with Crippen molar-refractivity contribution in [2.24, 2.45) is 0 Å². The summed E-state index contributed by atoms with van der Waals surface area (Å²) in [7, 11) is 0. The van der Waals surface area contributed by atoms with Crippen molar-refractivity contribution in [3.8, 4) is 11.1 Å². The number of ether oxygens (including phenoxy) is 2. The number of nitrogens with zero attached hydrogens (tertiary/aromatic N) is 1. The first-order valence-electron chi connectivity index (χ1n) is 11.8. The minimum absolute atomic E-state index is 0.0326. The maximum atomic E-state index is 13.6. The Kier molecular flexibility index (Phi) is 5.22. The molecular weight excluding hydrogens is 429 g/mol. The summed E-state index contributed by atoms with van der Waals surface area (Å²) in [5.41, 5.74) is 7.90. The van der Waals surface area contributed by atoms with Crippen LogP contribution in [-0.4, -0.2) is 42.9 Å². The number of aryl methyl sites for hydroxylation is 1. The van der Waals surface area contributed by atoms with Crippen LogP contribution >= 0.6 is 0 Å². The lowest BCUT2D eigenvalue weighted by Gasteiger charge is -2.44. The highest BCUT2D eigenvalue weighted by Crippen LogP contribution is 2.44. The molecule has 2 heterocycles. The van der Waals surface area contributed by atoms with Crippen molar-refractivity contribution < 1.29 is 18.7 Å². The monoisotopic (exact) mass is 455 g/mol. The Labute approximate surface area is 198 Å². The molecule has 2 bridgehead atoms. The third kappa shape index (κ3) is 3.51. The number of amides is 1. The van der Waals surface area contributed by atoms with Crippen LogP contribution in [-0.2, 0) is 9.47 Å². The van der Waals surface area contributed by atoms with Gasteiger partial charge in [0.1, 0.15) is 12.4 Å². The first-order chi connectivity index (χ1) is 16.6. The Morgan fingerprint density at radius 3 is 2.38 bits per heavy atom. The van der Waals surface area contributed by atoms with Crippen molar-refractivity contribution in [1.82, 2.24) is 4.90 Å². The van der Waals surface area contributed by atoms with Crippen LogP contribution in [0.4, 0.5) is 9.18 Å². The van der Waals surface area contributed by atoms with Gasteiger partial charge in [0.25, 0.3) is 0 Å². The second-order valence-electron chi connectivity index (χ2n) is 9.33. The van der Waals surface area contributed by atoms with Crippen LogP contribution in [0.2, 0.25) is 0 Å². The van der Waals surface area contributed by atoms with Gasteiger partial charge in [0.05, 0.1) is 25.3 Å². The molecule has 1 saturated heterocycles. The van der Waals surface area contributed by atoms with Gasteiger partial charge in [-0.25, -0.2) is 9.18 Å². The van der Waals surface area contributed by atoms with Gasteiger partial charge in [0.15, 0.2) is 0 Å². The molecule has 0 aromatic heterocycles. The van der Waals surface area contributed by atoms with E-state index < -0.39 is 0 Å². The van der Waals surface area contributed by atoms with E-state index in [1.807, 2.05) is 42.2 Å². The molecule has 172 valence electrons. The second kappa shape index (κ2) is 8.41. The zero-order chi connectivity index (χ0) is 23.2. The van der Waals surface area contributed by atoms with Crippen molar-refractivity contribution in [2.45, 2.75) is 31.3 Å². The van der Waals surface area contributed by atoms with Gasteiger partial charge in [0, 0.05) is 5.92 Å². The van der Waals surface area contributed by atoms with Gasteiger partial charge >= 0.3 is 6.09 Å². The standard InChI is InChI=1S/C29H26FNO3/c1-18-12-20(30)10-11-23(18)19-13-21-15-33-16-22(14-19)31(21)29(32)34-17-28-26-8-4-2-6-24(26)25-7-3-5-9-27(25)28/h2-13,21-22,28H,14-17H2,1H3. The number of morpholine rings is 1. The molecule has 6 rings (SSSR count). The number of benzene rings is 3. The molecule has 5 heteroatoms. The van der Waals surface area contributed by atoms with Crippen molar-refractivity contribution in [3.05, 3.63) is 101 Å². The van der Waals surface area contributed by atoms with Crippen LogP contribution in [0.3, 0.4) is 0 Å².